The highest BCUT2D eigenvalue weighted by Crippen LogP contribution is 2.40. The summed E-state index contributed by atoms with van der Waals surface area (Å²) >= 11 is 1.87. The Bertz CT molecular complexity index is 1450. The van der Waals surface area contributed by atoms with E-state index in [1.165, 1.54) is 34.3 Å². The third kappa shape index (κ3) is 5.63. The van der Waals surface area contributed by atoms with Gasteiger partial charge in [0.25, 0.3) is 0 Å². The molecule has 2 aromatic carbocycles. The molecule has 0 fully saturated rings. The number of primary sulfonamides is 1. The van der Waals surface area contributed by atoms with E-state index in [9.17, 15) is 34.8 Å². The topological polar surface area (TPSA) is 117 Å². The largest absolute Gasteiger partial charge is 0.416 e. The smallest absolute Gasteiger partial charge is 0.229 e. The molecule has 0 bridgehead atoms. The standard InChI is InChI=1S/C18H10F6N6O2S3/c19-17(20,21)10-5-9(6-11(7-10)18(22,23)24)14-8-33-16(26-14)34-15-27-28-29-30(15)12-1-3-13(4-2-12)35(25,31)32/h1-8H,(H2,25,31,32). The summed E-state index contributed by atoms with van der Waals surface area (Å²) in [6.45, 7) is 0. The van der Waals surface area contributed by atoms with Crippen molar-refractivity contribution in [3.8, 4) is 16.9 Å². The van der Waals surface area contributed by atoms with Crippen molar-refractivity contribution < 1.29 is 34.8 Å². The van der Waals surface area contributed by atoms with Gasteiger partial charge in [0.05, 0.1) is 27.4 Å². The fraction of sp³-hybridized carbons (Fsp3) is 0.111. The summed E-state index contributed by atoms with van der Waals surface area (Å²) in [5.41, 5.74) is -2.97. The van der Waals surface area contributed by atoms with Gasteiger partial charge in [-0.2, -0.15) is 31.0 Å². The average molecular weight is 553 g/mol. The Kier molecular flexibility index (Phi) is 6.37. The molecule has 0 atom stereocenters. The Hall–Kier alpha value is -3.02. The third-order valence-corrected chi connectivity index (χ3v) is 7.20. The van der Waals surface area contributed by atoms with E-state index >= 15 is 0 Å². The second-order valence-electron chi connectivity index (χ2n) is 6.81. The van der Waals surface area contributed by atoms with Gasteiger partial charge in [0, 0.05) is 10.9 Å². The molecule has 0 unspecified atom stereocenters. The maximum absolute atomic E-state index is 13.2. The zero-order valence-electron chi connectivity index (χ0n) is 16.7. The van der Waals surface area contributed by atoms with E-state index < -0.39 is 33.5 Å². The molecular formula is C18H10F6N6O2S3. The number of nitrogens with two attached hydrogens (primary N) is 1. The molecule has 17 heteroatoms. The van der Waals surface area contributed by atoms with Crippen LogP contribution in [-0.4, -0.2) is 33.6 Å². The molecule has 35 heavy (non-hydrogen) atoms. The summed E-state index contributed by atoms with van der Waals surface area (Å²) in [4.78, 5) is 3.99. The number of hydrogen-bond acceptors (Lipinski definition) is 8. The predicted molar refractivity (Wildman–Crippen MR) is 112 cm³/mol. The van der Waals surface area contributed by atoms with Crippen molar-refractivity contribution in [3.63, 3.8) is 0 Å². The predicted octanol–water partition coefficient (Wildman–Crippen LogP) is 4.62. The van der Waals surface area contributed by atoms with E-state index in [-0.39, 0.29) is 31.7 Å². The summed E-state index contributed by atoms with van der Waals surface area (Å²) in [5, 5.41) is 17.7. The van der Waals surface area contributed by atoms with Crippen LogP contribution in [0.4, 0.5) is 26.3 Å². The SMILES string of the molecule is NS(=O)(=O)c1ccc(-n2nnnc2Sc2nc(-c3cc(C(F)(F)F)cc(C(F)(F)F)c3)cs2)cc1. The molecule has 0 aliphatic rings. The van der Waals surface area contributed by atoms with Crippen molar-refractivity contribution in [1.82, 2.24) is 25.2 Å². The van der Waals surface area contributed by atoms with Crippen molar-refractivity contribution in [2.75, 3.05) is 0 Å². The number of nitrogens with zero attached hydrogens (tertiary/aromatic N) is 5. The first kappa shape index (κ1) is 25.1. The number of sulfonamides is 1. The number of hydrogen-bond donors (Lipinski definition) is 1. The normalized spacial score (nSPS) is 12.8. The molecule has 0 spiro atoms. The molecule has 4 rings (SSSR count). The first-order valence-corrected chi connectivity index (χ1v) is 12.3. The summed E-state index contributed by atoms with van der Waals surface area (Å²) in [7, 11) is -3.91. The van der Waals surface area contributed by atoms with Gasteiger partial charge in [0.15, 0.2) is 4.34 Å². The van der Waals surface area contributed by atoms with E-state index in [1.54, 1.807) is 0 Å². The molecule has 4 aromatic rings. The lowest BCUT2D eigenvalue weighted by Crippen LogP contribution is -2.12. The number of rotatable bonds is 5. The van der Waals surface area contributed by atoms with Gasteiger partial charge in [-0.1, -0.05) is 0 Å². The Labute approximate surface area is 200 Å². The second-order valence-corrected chi connectivity index (χ2v) is 10.4. The second kappa shape index (κ2) is 8.89. The van der Waals surface area contributed by atoms with Crippen LogP contribution in [0.15, 0.2) is 62.2 Å². The van der Waals surface area contributed by atoms with Gasteiger partial charge < -0.3 is 0 Å². The Balaban J connectivity index is 1.64. The molecule has 2 N–H and O–H groups in total. The maximum atomic E-state index is 13.2. The Morgan fingerprint density at radius 2 is 1.54 bits per heavy atom. The highest BCUT2D eigenvalue weighted by molar-refractivity contribution is 8.00. The van der Waals surface area contributed by atoms with Gasteiger partial charge in [-0.05, 0) is 64.7 Å². The van der Waals surface area contributed by atoms with Crippen molar-refractivity contribution in [2.45, 2.75) is 26.7 Å². The molecule has 8 nitrogen and oxygen atoms in total. The zero-order chi connectivity index (χ0) is 25.6. The molecule has 184 valence electrons. The number of tetrazole rings is 1. The van der Waals surface area contributed by atoms with E-state index in [0.717, 1.165) is 23.1 Å². The van der Waals surface area contributed by atoms with Crippen molar-refractivity contribution in [2.24, 2.45) is 5.14 Å². The lowest BCUT2D eigenvalue weighted by Gasteiger charge is -2.13. The van der Waals surface area contributed by atoms with E-state index in [0.29, 0.717) is 17.8 Å². The summed E-state index contributed by atoms with van der Waals surface area (Å²) in [6, 6.07) is 6.51. The van der Waals surface area contributed by atoms with Crippen LogP contribution in [0.3, 0.4) is 0 Å². The Morgan fingerprint density at radius 1 is 0.943 bits per heavy atom. The van der Waals surface area contributed by atoms with Crippen molar-refractivity contribution in [3.05, 3.63) is 59.0 Å². The maximum Gasteiger partial charge on any atom is 0.416 e. The van der Waals surface area contributed by atoms with Crippen molar-refractivity contribution >= 4 is 33.1 Å². The van der Waals surface area contributed by atoms with Gasteiger partial charge >= 0.3 is 12.4 Å². The first-order valence-electron chi connectivity index (χ1n) is 9.07. The quantitative estimate of drug-likeness (QED) is 0.359. The molecule has 2 aromatic heterocycles. The van der Waals surface area contributed by atoms with E-state index in [4.69, 9.17) is 5.14 Å². The minimum atomic E-state index is -4.98. The molecule has 0 radical (unpaired) electrons. The highest BCUT2D eigenvalue weighted by Gasteiger charge is 2.37. The van der Waals surface area contributed by atoms with Crippen LogP contribution >= 0.6 is 23.1 Å². The number of alkyl halides is 6. The third-order valence-electron chi connectivity index (χ3n) is 4.40. The lowest BCUT2D eigenvalue weighted by atomic mass is 10.0. The van der Waals surface area contributed by atoms with Gasteiger partial charge in [-0.25, -0.2) is 18.5 Å². The van der Waals surface area contributed by atoms with Gasteiger partial charge in [-0.15, -0.1) is 16.4 Å². The number of halogens is 6. The fourth-order valence-corrected chi connectivity index (χ4v) is 5.03. The minimum Gasteiger partial charge on any atom is -0.229 e. The molecular weight excluding hydrogens is 542 g/mol. The molecule has 0 aliphatic carbocycles. The molecule has 0 aliphatic heterocycles. The molecule has 0 saturated heterocycles. The first-order chi connectivity index (χ1) is 16.2. The molecule has 2 heterocycles. The van der Waals surface area contributed by atoms with Gasteiger partial charge in [0.1, 0.15) is 0 Å². The molecule has 0 amide bonds. The van der Waals surface area contributed by atoms with E-state index in [1.807, 2.05) is 0 Å². The zero-order valence-corrected chi connectivity index (χ0v) is 19.2. The van der Waals surface area contributed by atoms with Crippen molar-refractivity contribution in [1.29, 1.82) is 0 Å². The van der Waals surface area contributed by atoms with Crippen LogP contribution in [-0.2, 0) is 22.4 Å². The summed E-state index contributed by atoms with van der Waals surface area (Å²) < 4.78 is 103. The number of aromatic nitrogens is 5. The van der Waals surface area contributed by atoms with Crippen LogP contribution in [0, 0.1) is 0 Å². The van der Waals surface area contributed by atoms with Crippen LogP contribution < -0.4 is 5.14 Å². The van der Waals surface area contributed by atoms with Crippen LogP contribution in [0.1, 0.15) is 11.1 Å². The van der Waals surface area contributed by atoms with Gasteiger partial charge in [0.2, 0.25) is 15.2 Å². The van der Waals surface area contributed by atoms with Crippen LogP contribution in [0.2, 0.25) is 0 Å². The van der Waals surface area contributed by atoms with E-state index in [2.05, 4.69) is 20.5 Å². The highest BCUT2D eigenvalue weighted by atomic mass is 32.2. The summed E-state index contributed by atoms with van der Waals surface area (Å²) in [5.74, 6) is 0. The van der Waals surface area contributed by atoms with Crippen LogP contribution in [0.25, 0.3) is 16.9 Å². The molecule has 0 saturated carbocycles. The fourth-order valence-electron chi connectivity index (χ4n) is 2.80. The summed E-state index contributed by atoms with van der Waals surface area (Å²) in [6.07, 6.45) is -9.96. The number of thiazole rings is 1. The monoisotopic (exact) mass is 552 g/mol. The Morgan fingerprint density at radius 3 is 2.09 bits per heavy atom. The minimum absolute atomic E-state index is 0.0425. The lowest BCUT2D eigenvalue weighted by molar-refractivity contribution is -0.143. The number of benzene rings is 2. The van der Waals surface area contributed by atoms with Gasteiger partial charge in [-0.3, -0.25) is 0 Å². The average Bonchev–Trinajstić information content (AvgIpc) is 3.42. The van der Waals surface area contributed by atoms with Crippen LogP contribution in [0.5, 0.6) is 0 Å².